The van der Waals surface area contributed by atoms with Crippen LogP contribution in [0.4, 0.5) is 11.9 Å². The van der Waals surface area contributed by atoms with Gasteiger partial charge in [0.2, 0.25) is 18.7 Å². The predicted molar refractivity (Wildman–Crippen MR) is 122 cm³/mol. The molecule has 1 fully saturated rings. The summed E-state index contributed by atoms with van der Waals surface area (Å²) in [5.74, 6) is 3.40. The number of nitrogens with one attached hydrogen (secondary N) is 1. The molecule has 2 aliphatic heterocycles. The van der Waals surface area contributed by atoms with Gasteiger partial charge in [-0.05, 0) is 48.7 Å². The highest BCUT2D eigenvalue weighted by molar-refractivity contribution is 5.77. The molecule has 3 aromatic heterocycles. The van der Waals surface area contributed by atoms with Gasteiger partial charge in [-0.15, -0.1) is 0 Å². The van der Waals surface area contributed by atoms with Gasteiger partial charge in [-0.3, -0.25) is 0 Å². The van der Waals surface area contributed by atoms with E-state index >= 15 is 0 Å². The molecule has 0 bridgehead atoms. The molecular formula is C24H22N6O3. The van der Waals surface area contributed by atoms with Crippen molar-refractivity contribution in [1.82, 2.24) is 19.9 Å². The lowest BCUT2D eigenvalue weighted by Crippen LogP contribution is -2.20. The molecule has 4 aromatic rings. The second-order valence-electron chi connectivity index (χ2n) is 7.91. The van der Waals surface area contributed by atoms with Crippen LogP contribution in [0.25, 0.3) is 22.7 Å². The van der Waals surface area contributed by atoms with E-state index < -0.39 is 0 Å². The summed E-state index contributed by atoms with van der Waals surface area (Å²) in [6, 6.07) is 11.5. The average molecular weight is 442 g/mol. The summed E-state index contributed by atoms with van der Waals surface area (Å²) in [4.78, 5) is 20.8. The molecule has 0 spiro atoms. The van der Waals surface area contributed by atoms with Crippen molar-refractivity contribution in [2.24, 2.45) is 0 Å². The van der Waals surface area contributed by atoms with Crippen molar-refractivity contribution in [2.75, 3.05) is 30.1 Å². The number of anilines is 2. The summed E-state index contributed by atoms with van der Waals surface area (Å²) in [5.41, 5.74) is 3.27. The molecule has 1 N–H and O–H groups in total. The van der Waals surface area contributed by atoms with Crippen LogP contribution in [0.15, 0.2) is 59.5 Å². The van der Waals surface area contributed by atoms with Crippen LogP contribution in [0.5, 0.6) is 11.5 Å². The lowest BCUT2D eigenvalue weighted by molar-refractivity contribution is 0.174. The first kappa shape index (κ1) is 19.5. The third-order valence-electron chi connectivity index (χ3n) is 5.74. The Labute approximate surface area is 190 Å². The standard InChI is InChI=1S/C24H22N6O3/c1-2-10-30(9-1)24-25-8-7-18(28-24)17-14-27-23(29-22(17)20-4-3-11-31-20)26-13-16-5-6-19-21(12-16)33-15-32-19/h3-8,11-12,14H,1-2,9-10,13,15H2,(H,26,27,29). The minimum atomic E-state index is 0.256. The van der Waals surface area contributed by atoms with Crippen LogP contribution in [0, 0.1) is 0 Å². The maximum Gasteiger partial charge on any atom is 0.231 e. The highest BCUT2D eigenvalue weighted by Crippen LogP contribution is 2.33. The van der Waals surface area contributed by atoms with Crippen LogP contribution < -0.4 is 19.7 Å². The molecule has 166 valence electrons. The van der Waals surface area contributed by atoms with Gasteiger partial charge in [-0.2, -0.15) is 0 Å². The minimum Gasteiger partial charge on any atom is -0.463 e. The van der Waals surface area contributed by atoms with Crippen molar-refractivity contribution >= 4 is 11.9 Å². The highest BCUT2D eigenvalue weighted by Gasteiger charge is 2.19. The van der Waals surface area contributed by atoms with Crippen LogP contribution in [-0.4, -0.2) is 39.8 Å². The summed E-state index contributed by atoms with van der Waals surface area (Å²) in [5, 5.41) is 3.29. The van der Waals surface area contributed by atoms with Crippen molar-refractivity contribution in [3.05, 3.63) is 60.6 Å². The van der Waals surface area contributed by atoms with Gasteiger partial charge in [0, 0.05) is 37.6 Å². The first-order valence-electron chi connectivity index (χ1n) is 11.0. The fourth-order valence-corrected chi connectivity index (χ4v) is 4.06. The van der Waals surface area contributed by atoms with Gasteiger partial charge >= 0.3 is 0 Å². The maximum atomic E-state index is 5.68. The molecule has 0 radical (unpaired) electrons. The van der Waals surface area contributed by atoms with Crippen molar-refractivity contribution < 1.29 is 13.9 Å². The zero-order valence-electron chi connectivity index (χ0n) is 17.9. The second kappa shape index (κ2) is 8.42. The molecule has 6 rings (SSSR count). The van der Waals surface area contributed by atoms with Crippen LogP contribution in [-0.2, 0) is 6.54 Å². The van der Waals surface area contributed by atoms with Crippen molar-refractivity contribution in [3.8, 4) is 34.2 Å². The zero-order chi connectivity index (χ0) is 22.0. The monoisotopic (exact) mass is 442 g/mol. The third-order valence-corrected chi connectivity index (χ3v) is 5.74. The zero-order valence-corrected chi connectivity index (χ0v) is 17.9. The van der Waals surface area contributed by atoms with E-state index in [0.29, 0.717) is 23.9 Å². The van der Waals surface area contributed by atoms with Crippen LogP contribution in [0.2, 0.25) is 0 Å². The average Bonchev–Trinajstić information content (AvgIpc) is 3.64. The quantitative estimate of drug-likeness (QED) is 0.472. The van der Waals surface area contributed by atoms with Gasteiger partial charge in [-0.25, -0.2) is 19.9 Å². The summed E-state index contributed by atoms with van der Waals surface area (Å²) in [6.07, 6.45) is 7.53. The molecule has 0 atom stereocenters. The second-order valence-corrected chi connectivity index (χ2v) is 7.91. The van der Waals surface area contributed by atoms with E-state index in [1.165, 1.54) is 0 Å². The molecule has 0 unspecified atom stereocenters. The Bertz CT molecular complexity index is 1270. The van der Waals surface area contributed by atoms with E-state index in [1.54, 1.807) is 18.7 Å². The maximum absolute atomic E-state index is 5.68. The van der Waals surface area contributed by atoms with Gasteiger partial charge in [-0.1, -0.05) is 6.07 Å². The van der Waals surface area contributed by atoms with Gasteiger partial charge in [0.25, 0.3) is 0 Å². The van der Waals surface area contributed by atoms with E-state index in [-0.39, 0.29) is 6.79 Å². The minimum absolute atomic E-state index is 0.256. The SMILES string of the molecule is c1coc(-c2nc(NCc3ccc4c(c3)OCO4)ncc2-c2ccnc(N3CCCC3)n2)c1. The molecule has 33 heavy (non-hydrogen) atoms. The first-order valence-corrected chi connectivity index (χ1v) is 11.0. The Balaban J connectivity index is 1.30. The Morgan fingerprint density at radius 2 is 1.88 bits per heavy atom. The van der Waals surface area contributed by atoms with Gasteiger partial charge in [0.1, 0.15) is 5.69 Å². The van der Waals surface area contributed by atoms with Gasteiger partial charge < -0.3 is 24.1 Å². The lowest BCUT2D eigenvalue weighted by atomic mass is 10.1. The fraction of sp³-hybridized carbons (Fsp3) is 0.250. The summed E-state index contributed by atoms with van der Waals surface area (Å²) in [7, 11) is 0. The number of hydrogen-bond donors (Lipinski definition) is 1. The first-order chi connectivity index (χ1) is 16.3. The molecule has 0 aliphatic carbocycles. The highest BCUT2D eigenvalue weighted by atomic mass is 16.7. The topological polar surface area (TPSA) is 98.4 Å². The van der Waals surface area contributed by atoms with E-state index in [2.05, 4.69) is 20.2 Å². The number of aromatic nitrogens is 4. The number of furan rings is 1. The fourth-order valence-electron chi connectivity index (χ4n) is 4.06. The Morgan fingerprint density at radius 1 is 0.970 bits per heavy atom. The number of rotatable bonds is 6. The molecule has 9 nitrogen and oxygen atoms in total. The van der Waals surface area contributed by atoms with Crippen molar-refractivity contribution in [3.63, 3.8) is 0 Å². The summed E-state index contributed by atoms with van der Waals surface area (Å²) >= 11 is 0. The van der Waals surface area contributed by atoms with E-state index in [9.17, 15) is 0 Å². The Morgan fingerprint density at radius 3 is 2.76 bits per heavy atom. The normalized spacial score (nSPS) is 14.6. The number of nitrogens with zero attached hydrogens (tertiary/aromatic N) is 5. The molecule has 1 aromatic carbocycles. The Hall–Kier alpha value is -4.14. The number of benzene rings is 1. The van der Waals surface area contributed by atoms with Crippen LogP contribution >= 0.6 is 0 Å². The molecular weight excluding hydrogens is 420 g/mol. The van der Waals surface area contributed by atoms with E-state index in [0.717, 1.165) is 60.2 Å². The molecule has 0 amide bonds. The summed E-state index contributed by atoms with van der Waals surface area (Å²) < 4.78 is 16.5. The lowest BCUT2D eigenvalue weighted by Gasteiger charge is -2.16. The van der Waals surface area contributed by atoms with Crippen molar-refractivity contribution in [2.45, 2.75) is 19.4 Å². The van der Waals surface area contributed by atoms with Gasteiger partial charge in [0.15, 0.2) is 17.3 Å². The predicted octanol–water partition coefficient (Wildman–Crippen LogP) is 4.13. The number of fused-ring (bicyclic) bond motifs is 1. The molecule has 2 aliphatic rings. The van der Waals surface area contributed by atoms with Crippen molar-refractivity contribution in [1.29, 1.82) is 0 Å². The third kappa shape index (κ3) is 3.93. The molecule has 9 heteroatoms. The van der Waals surface area contributed by atoms with E-state index in [1.807, 2.05) is 36.4 Å². The smallest absolute Gasteiger partial charge is 0.231 e. The molecule has 5 heterocycles. The number of hydrogen-bond acceptors (Lipinski definition) is 9. The Kier molecular flexibility index (Phi) is 4.98. The van der Waals surface area contributed by atoms with E-state index in [4.69, 9.17) is 23.9 Å². The number of ether oxygens (including phenoxy) is 2. The van der Waals surface area contributed by atoms with Gasteiger partial charge in [0.05, 0.1) is 12.0 Å². The summed E-state index contributed by atoms with van der Waals surface area (Å²) in [6.45, 7) is 2.76. The molecule has 1 saturated heterocycles. The van der Waals surface area contributed by atoms with Crippen LogP contribution in [0.3, 0.4) is 0 Å². The van der Waals surface area contributed by atoms with Crippen LogP contribution in [0.1, 0.15) is 18.4 Å². The molecule has 0 saturated carbocycles. The largest absolute Gasteiger partial charge is 0.463 e.